The van der Waals surface area contributed by atoms with Crippen molar-refractivity contribution in [1.29, 1.82) is 0 Å². The second kappa shape index (κ2) is 8.68. The van der Waals surface area contributed by atoms with E-state index in [2.05, 4.69) is 26.2 Å². The molecule has 2 aromatic rings. The molecule has 0 aliphatic heterocycles. The third-order valence-corrected chi connectivity index (χ3v) is 4.05. The Kier molecular flexibility index (Phi) is 6.61. The molecule has 0 saturated heterocycles. The van der Waals surface area contributed by atoms with Gasteiger partial charge in [-0.15, -0.1) is 0 Å². The number of ether oxygens (including phenoxy) is 1. The van der Waals surface area contributed by atoms with Crippen LogP contribution in [-0.2, 0) is 11.3 Å². The number of carbonyl (C=O) groups is 1. The van der Waals surface area contributed by atoms with Crippen molar-refractivity contribution in [2.75, 3.05) is 25.6 Å². The van der Waals surface area contributed by atoms with Crippen molar-refractivity contribution in [3.63, 3.8) is 0 Å². The first-order valence-corrected chi connectivity index (χ1v) is 8.53. The Labute approximate surface area is 151 Å². The maximum Gasteiger partial charge on any atom is 0.223 e. The van der Waals surface area contributed by atoms with Crippen LogP contribution >= 0.6 is 15.9 Å². The van der Waals surface area contributed by atoms with E-state index in [0.29, 0.717) is 19.6 Å². The van der Waals surface area contributed by atoms with E-state index in [1.807, 2.05) is 56.3 Å². The number of rotatable bonds is 7. The first kappa shape index (κ1) is 18.3. The first-order chi connectivity index (χ1) is 11.5. The van der Waals surface area contributed by atoms with Crippen molar-refractivity contribution in [2.24, 2.45) is 0 Å². The molecule has 0 aliphatic rings. The Morgan fingerprint density at radius 2 is 2.08 bits per heavy atom. The van der Waals surface area contributed by atoms with Gasteiger partial charge < -0.3 is 15.0 Å². The zero-order valence-corrected chi connectivity index (χ0v) is 15.8. The minimum atomic E-state index is -0.0403. The van der Waals surface area contributed by atoms with Crippen LogP contribution in [0.15, 0.2) is 41.0 Å². The molecule has 128 valence electrons. The van der Waals surface area contributed by atoms with Crippen LogP contribution in [0.2, 0.25) is 0 Å². The van der Waals surface area contributed by atoms with E-state index in [0.717, 1.165) is 27.2 Å². The number of anilines is 1. The number of nitrogens with one attached hydrogen (secondary N) is 1. The SMILES string of the molecule is Cc1ccc(OCCC(=O)NCc2ccnc(N(C)C)c2)c(Br)c1. The Hall–Kier alpha value is -2.08. The minimum absolute atomic E-state index is 0.0403. The van der Waals surface area contributed by atoms with Crippen LogP contribution in [0.3, 0.4) is 0 Å². The van der Waals surface area contributed by atoms with Crippen LogP contribution in [0.5, 0.6) is 5.75 Å². The topological polar surface area (TPSA) is 54.5 Å². The zero-order valence-electron chi connectivity index (χ0n) is 14.2. The van der Waals surface area contributed by atoms with E-state index in [-0.39, 0.29) is 5.91 Å². The maximum atomic E-state index is 11.9. The molecule has 0 aliphatic carbocycles. The van der Waals surface area contributed by atoms with Crippen molar-refractivity contribution in [3.05, 3.63) is 52.1 Å². The number of pyridine rings is 1. The number of hydrogen-bond acceptors (Lipinski definition) is 4. The zero-order chi connectivity index (χ0) is 17.5. The van der Waals surface area contributed by atoms with E-state index in [9.17, 15) is 4.79 Å². The molecule has 6 heteroatoms. The third-order valence-electron chi connectivity index (χ3n) is 3.43. The Bertz CT molecular complexity index is 704. The monoisotopic (exact) mass is 391 g/mol. The highest BCUT2D eigenvalue weighted by Gasteiger charge is 2.06. The molecule has 0 spiro atoms. The summed E-state index contributed by atoms with van der Waals surface area (Å²) >= 11 is 3.46. The van der Waals surface area contributed by atoms with Gasteiger partial charge in [-0.3, -0.25) is 4.79 Å². The van der Waals surface area contributed by atoms with Gasteiger partial charge in [-0.1, -0.05) is 6.07 Å². The highest BCUT2D eigenvalue weighted by Crippen LogP contribution is 2.25. The summed E-state index contributed by atoms with van der Waals surface area (Å²) in [5.74, 6) is 1.58. The normalized spacial score (nSPS) is 10.3. The van der Waals surface area contributed by atoms with Gasteiger partial charge in [0.1, 0.15) is 11.6 Å². The summed E-state index contributed by atoms with van der Waals surface area (Å²) in [7, 11) is 3.87. The van der Waals surface area contributed by atoms with Gasteiger partial charge in [0.2, 0.25) is 5.91 Å². The fourth-order valence-corrected chi connectivity index (χ4v) is 2.69. The molecule has 1 amide bonds. The molecule has 1 aromatic heterocycles. The van der Waals surface area contributed by atoms with Crippen LogP contribution < -0.4 is 15.0 Å². The Morgan fingerprint density at radius 1 is 1.29 bits per heavy atom. The predicted molar refractivity (Wildman–Crippen MR) is 99.4 cm³/mol. The third kappa shape index (κ3) is 5.53. The average molecular weight is 392 g/mol. The second-order valence-corrected chi connectivity index (χ2v) is 6.58. The van der Waals surface area contributed by atoms with Crippen LogP contribution in [0.1, 0.15) is 17.5 Å². The number of hydrogen-bond donors (Lipinski definition) is 1. The second-order valence-electron chi connectivity index (χ2n) is 5.73. The lowest BCUT2D eigenvalue weighted by Gasteiger charge is -2.12. The van der Waals surface area contributed by atoms with Crippen LogP contribution in [0.4, 0.5) is 5.82 Å². The fourth-order valence-electron chi connectivity index (χ4n) is 2.08. The van der Waals surface area contributed by atoms with E-state index >= 15 is 0 Å². The van der Waals surface area contributed by atoms with E-state index in [4.69, 9.17) is 4.74 Å². The van der Waals surface area contributed by atoms with Gasteiger partial charge in [-0.25, -0.2) is 4.98 Å². The van der Waals surface area contributed by atoms with Crippen LogP contribution in [0, 0.1) is 6.92 Å². The van der Waals surface area contributed by atoms with Gasteiger partial charge in [0.05, 0.1) is 17.5 Å². The molecule has 5 nitrogen and oxygen atoms in total. The lowest BCUT2D eigenvalue weighted by Crippen LogP contribution is -2.24. The van der Waals surface area contributed by atoms with Crippen LogP contribution in [0.25, 0.3) is 0 Å². The van der Waals surface area contributed by atoms with Gasteiger partial charge in [0.25, 0.3) is 0 Å². The summed E-state index contributed by atoms with van der Waals surface area (Å²) in [5.41, 5.74) is 2.17. The predicted octanol–water partition coefficient (Wildman–Crippen LogP) is 3.30. The number of nitrogens with zero attached hydrogens (tertiary/aromatic N) is 2. The molecule has 0 atom stereocenters. The van der Waals surface area contributed by atoms with Gasteiger partial charge in [-0.05, 0) is 58.2 Å². The standard InChI is InChI=1S/C18H22BrN3O2/c1-13-4-5-16(15(19)10-13)24-9-7-18(23)21-12-14-6-8-20-17(11-14)22(2)3/h4-6,8,10-11H,7,9,12H2,1-3H3,(H,21,23). The van der Waals surface area contributed by atoms with Crippen molar-refractivity contribution in [3.8, 4) is 5.75 Å². The molecule has 1 N–H and O–H groups in total. The smallest absolute Gasteiger partial charge is 0.223 e. The minimum Gasteiger partial charge on any atom is -0.492 e. The molecule has 2 rings (SSSR count). The summed E-state index contributed by atoms with van der Waals surface area (Å²) in [6.07, 6.45) is 2.06. The van der Waals surface area contributed by atoms with Crippen LogP contribution in [-0.4, -0.2) is 31.6 Å². The maximum absolute atomic E-state index is 11.9. The molecular weight excluding hydrogens is 370 g/mol. The molecule has 0 bridgehead atoms. The molecular formula is C18H22BrN3O2. The van der Waals surface area contributed by atoms with Crippen molar-refractivity contribution in [2.45, 2.75) is 19.9 Å². The largest absolute Gasteiger partial charge is 0.492 e. The summed E-state index contributed by atoms with van der Waals surface area (Å²) in [6, 6.07) is 9.72. The molecule has 0 unspecified atom stereocenters. The van der Waals surface area contributed by atoms with Crippen molar-refractivity contribution >= 4 is 27.7 Å². The summed E-state index contributed by atoms with van der Waals surface area (Å²) in [5, 5.41) is 2.90. The lowest BCUT2D eigenvalue weighted by molar-refractivity contribution is -0.121. The Balaban J connectivity index is 1.76. The van der Waals surface area contributed by atoms with Gasteiger partial charge >= 0.3 is 0 Å². The number of benzene rings is 1. The highest BCUT2D eigenvalue weighted by molar-refractivity contribution is 9.10. The molecule has 1 heterocycles. The summed E-state index contributed by atoms with van der Waals surface area (Å²) in [6.45, 7) is 2.84. The quantitative estimate of drug-likeness (QED) is 0.786. The number of amides is 1. The molecule has 0 saturated carbocycles. The fraction of sp³-hybridized carbons (Fsp3) is 0.333. The average Bonchev–Trinajstić information content (AvgIpc) is 2.55. The van der Waals surface area contributed by atoms with E-state index in [1.165, 1.54) is 0 Å². The van der Waals surface area contributed by atoms with Gasteiger partial charge in [-0.2, -0.15) is 0 Å². The highest BCUT2D eigenvalue weighted by atomic mass is 79.9. The molecule has 0 radical (unpaired) electrons. The van der Waals surface area contributed by atoms with Crippen molar-refractivity contribution < 1.29 is 9.53 Å². The molecule has 24 heavy (non-hydrogen) atoms. The lowest BCUT2D eigenvalue weighted by atomic mass is 10.2. The Morgan fingerprint density at radius 3 is 2.79 bits per heavy atom. The van der Waals surface area contributed by atoms with Crippen molar-refractivity contribution in [1.82, 2.24) is 10.3 Å². The first-order valence-electron chi connectivity index (χ1n) is 7.73. The van der Waals surface area contributed by atoms with Gasteiger partial charge in [0.15, 0.2) is 0 Å². The van der Waals surface area contributed by atoms with E-state index < -0.39 is 0 Å². The summed E-state index contributed by atoms with van der Waals surface area (Å²) < 4.78 is 6.54. The number of carbonyl (C=O) groups excluding carboxylic acids is 1. The molecule has 1 aromatic carbocycles. The number of aromatic nitrogens is 1. The molecule has 0 fully saturated rings. The number of halogens is 1. The summed E-state index contributed by atoms with van der Waals surface area (Å²) in [4.78, 5) is 18.1. The number of aryl methyl sites for hydroxylation is 1. The van der Waals surface area contributed by atoms with E-state index in [1.54, 1.807) is 6.20 Å². The van der Waals surface area contributed by atoms with Gasteiger partial charge in [0, 0.05) is 26.8 Å².